The number of fused-ring (bicyclic) bond motifs is 1. The molecule has 0 aliphatic carbocycles. The molecule has 0 bridgehead atoms. The number of aromatic nitrogens is 3. The van der Waals surface area contributed by atoms with Gasteiger partial charge in [-0.05, 0) is 23.7 Å². The summed E-state index contributed by atoms with van der Waals surface area (Å²) in [6.45, 7) is 4.74. The molecule has 0 spiro atoms. The highest BCUT2D eigenvalue weighted by atomic mass is 35.5. The molecule has 1 saturated heterocycles. The number of ether oxygens (including phenoxy) is 1. The maximum atomic E-state index is 5.98. The Morgan fingerprint density at radius 1 is 1.16 bits per heavy atom. The van der Waals surface area contributed by atoms with E-state index in [1.807, 2.05) is 24.3 Å². The van der Waals surface area contributed by atoms with Crippen molar-refractivity contribution < 1.29 is 4.74 Å². The van der Waals surface area contributed by atoms with Crippen LogP contribution in [0.1, 0.15) is 0 Å². The topological polar surface area (TPSA) is 51.1 Å². The van der Waals surface area contributed by atoms with Crippen molar-refractivity contribution in [3.63, 3.8) is 0 Å². The number of hydrogen-bond donors (Lipinski definition) is 0. The van der Waals surface area contributed by atoms with Crippen molar-refractivity contribution in [3.8, 4) is 11.3 Å². The molecule has 1 aliphatic rings. The molecule has 4 rings (SSSR count). The zero-order chi connectivity index (χ0) is 17.1. The van der Waals surface area contributed by atoms with Crippen molar-refractivity contribution in [1.29, 1.82) is 0 Å². The van der Waals surface area contributed by atoms with Gasteiger partial charge in [-0.3, -0.25) is 4.90 Å². The lowest BCUT2D eigenvalue weighted by Gasteiger charge is -2.26. The second-order valence-corrected chi connectivity index (χ2v) is 7.99. The largest absolute Gasteiger partial charge is 0.379 e. The van der Waals surface area contributed by atoms with Crippen LogP contribution in [0.3, 0.4) is 0 Å². The van der Waals surface area contributed by atoms with Crippen molar-refractivity contribution in [2.24, 2.45) is 0 Å². The highest BCUT2D eigenvalue weighted by Crippen LogP contribution is 2.34. The molecule has 1 fully saturated rings. The first-order valence-electron chi connectivity index (χ1n) is 8.10. The summed E-state index contributed by atoms with van der Waals surface area (Å²) in [5, 5.41) is 1.73. The number of morpholine rings is 1. The number of hydrogen-bond acceptors (Lipinski definition) is 7. The summed E-state index contributed by atoms with van der Waals surface area (Å²) < 4.78 is 11.1. The molecule has 5 nitrogen and oxygen atoms in total. The predicted molar refractivity (Wildman–Crippen MR) is 104 cm³/mol. The molecular weight excluding hydrogens is 376 g/mol. The van der Waals surface area contributed by atoms with Gasteiger partial charge in [0, 0.05) is 36.0 Å². The fourth-order valence-corrected chi connectivity index (χ4v) is 4.79. The average Bonchev–Trinajstić information content (AvgIpc) is 3.08. The van der Waals surface area contributed by atoms with E-state index < -0.39 is 0 Å². The van der Waals surface area contributed by atoms with Crippen LogP contribution in [0.25, 0.3) is 21.5 Å². The van der Waals surface area contributed by atoms with Crippen molar-refractivity contribution in [1.82, 2.24) is 19.2 Å². The molecule has 3 heterocycles. The molecule has 2 aromatic heterocycles. The van der Waals surface area contributed by atoms with Gasteiger partial charge in [0.05, 0.1) is 13.2 Å². The third-order valence-corrected chi connectivity index (χ3v) is 6.29. The Bertz CT molecular complexity index is 849. The Labute approximate surface area is 159 Å². The van der Waals surface area contributed by atoms with Gasteiger partial charge in [-0.25, -0.2) is 9.97 Å². The molecule has 130 valence electrons. The maximum absolute atomic E-state index is 5.98. The van der Waals surface area contributed by atoms with Gasteiger partial charge in [-0.15, -0.1) is 11.8 Å². The fourth-order valence-electron chi connectivity index (χ4n) is 2.74. The van der Waals surface area contributed by atoms with Crippen LogP contribution in [0.2, 0.25) is 5.02 Å². The summed E-state index contributed by atoms with van der Waals surface area (Å²) in [4.78, 5) is 11.4. The molecule has 3 aromatic rings. The van der Waals surface area contributed by atoms with Crippen LogP contribution in [-0.4, -0.2) is 57.8 Å². The van der Waals surface area contributed by atoms with E-state index in [9.17, 15) is 0 Å². The van der Waals surface area contributed by atoms with E-state index in [1.54, 1.807) is 18.1 Å². The molecule has 0 atom stereocenters. The van der Waals surface area contributed by atoms with Gasteiger partial charge in [-0.2, -0.15) is 4.37 Å². The van der Waals surface area contributed by atoms with Crippen LogP contribution < -0.4 is 0 Å². The van der Waals surface area contributed by atoms with Gasteiger partial charge in [0.2, 0.25) is 0 Å². The average molecular weight is 393 g/mol. The van der Waals surface area contributed by atoms with E-state index in [-0.39, 0.29) is 0 Å². The molecular formula is C17H17ClN4OS2. The van der Waals surface area contributed by atoms with Crippen LogP contribution in [-0.2, 0) is 4.74 Å². The third kappa shape index (κ3) is 3.96. The molecule has 1 aromatic carbocycles. The monoisotopic (exact) mass is 392 g/mol. The van der Waals surface area contributed by atoms with E-state index >= 15 is 0 Å². The molecule has 0 N–H and O–H groups in total. The summed E-state index contributed by atoms with van der Waals surface area (Å²) in [5.74, 6) is 1.00. The first-order chi connectivity index (χ1) is 12.3. The summed E-state index contributed by atoms with van der Waals surface area (Å²) in [6.07, 6.45) is 1.63. The van der Waals surface area contributed by atoms with Crippen LogP contribution in [0, 0.1) is 0 Å². The van der Waals surface area contributed by atoms with E-state index in [0.29, 0.717) is 0 Å². The van der Waals surface area contributed by atoms with E-state index in [0.717, 1.165) is 70.1 Å². The number of benzene rings is 1. The zero-order valence-electron chi connectivity index (χ0n) is 13.5. The molecule has 0 unspecified atom stereocenters. The minimum atomic E-state index is 0.720. The third-order valence-electron chi connectivity index (χ3n) is 4.09. The summed E-state index contributed by atoms with van der Waals surface area (Å²) in [5.41, 5.74) is 2.84. The lowest BCUT2D eigenvalue weighted by Crippen LogP contribution is -2.37. The van der Waals surface area contributed by atoms with E-state index in [4.69, 9.17) is 16.3 Å². The van der Waals surface area contributed by atoms with Gasteiger partial charge in [0.25, 0.3) is 0 Å². The standard InChI is InChI=1S/C17H17ClN4OS2/c18-13-3-1-12(2-4-13)14-15-16(25-21-14)17(20-11-19-15)24-10-7-22-5-8-23-9-6-22/h1-4,11H,5-10H2. The van der Waals surface area contributed by atoms with Crippen LogP contribution in [0.5, 0.6) is 0 Å². The summed E-state index contributed by atoms with van der Waals surface area (Å²) in [7, 11) is 0. The number of halogens is 1. The van der Waals surface area contributed by atoms with Crippen LogP contribution >= 0.6 is 34.9 Å². The zero-order valence-corrected chi connectivity index (χ0v) is 15.9. The van der Waals surface area contributed by atoms with Crippen molar-refractivity contribution in [3.05, 3.63) is 35.6 Å². The Balaban J connectivity index is 1.51. The number of rotatable bonds is 5. The predicted octanol–water partition coefficient (Wildman–Crippen LogP) is 3.83. The minimum absolute atomic E-state index is 0.720. The normalized spacial score (nSPS) is 15.7. The van der Waals surface area contributed by atoms with Gasteiger partial charge >= 0.3 is 0 Å². The smallest absolute Gasteiger partial charge is 0.119 e. The minimum Gasteiger partial charge on any atom is -0.379 e. The Kier molecular flexibility index (Phi) is 5.48. The first kappa shape index (κ1) is 17.2. The molecule has 25 heavy (non-hydrogen) atoms. The molecule has 0 radical (unpaired) electrons. The van der Waals surface area contributed by atoms with E-state index in [1.165, 1.54) is 11.5 Å². The first-order valence-corrected chi connectivity index (χ1v) is 10.2. The van der Waals surface area contributed by atoms with Crippen molar-refractivity contribution in [2.45, 2.75) is 5.03 Å². The second kappa shape index (κ2) is 7.97. The molecule has 0 amide bonds. The molecule has 1 aliphatic heterocycles. The van der Waals surface area contributed by atoms with E-state index in [2.05, 4.69) is 19.2 Å². The Hall–Kier alpha value is -1.25. The number of thioether (sulfide) groups is 1. The second-order valence-electron chi connectivity index (χ2n) is 5.70. The van der Waals surface area contributed by atoms with Gasteiger partial charge in [-0.1, -0.05) is 23.7 Å². The van der Waals surface area contributed by atoms with Crippen LogP contribution in [0.15, 0.2) is 35.6 Å². The highest BCUT2D eigenvalue weighted by Gasteiger charge is 2.15. The molecule has 8 heteroatoms. The van der Waals surface area contributed by atoms with Gasteiger partial charge in [0.1, 0.15) is 27.3 Å². The summed E-state index contributed by atoms with van der Waals surface area (Å²) >= 11 is 9.21. The quantitative estimate of drug-likeness (QED) is 0.486. The number of nitrogens with zero attached hydrogens (tertiary/aromatic N) is 4. The molecule has 0 saturated carbocycles. The van der Waals surface area contributed by atoms with Crippen molar-refractivity contribution >= 4 is 45.1 Å². The van der Waals surface area contributed by atoms with Crippen LogP contribution in [0.4, 0.5) is 0 Å². The van der Waals surface area contributed by atoms with Crippen molar-refractivity contribution in [2.75, 3.05) is 38.6 Å². The van der Waals surface area contributed by atoms with Gasteiger partial charge in [0.15, 0.2) is 0 Å². The van der Waals surface area contributed by atoms with Gasteiger partial charge < -0.3 is 4.74 Å². The lowest BCUT2D eigenvalue weighted by atomic mass is 10.1. The SMILES string of the molecule is Clc1ccc(-c2nsc3c(SCCN4CCOCC4)ncnc23)cc1. The Morgan fingerprint density at radius 2 is 1.96 bits per heavy atom. The fraction of sp³-hybridized carbons (Fsp3) is 0.353. The summed E-state index contributed by atoms with van der Waals surface area (Å²) in [6, 6.07) is 7.71. The maximum Gasteiger partial charge on any atom is 0.119 e. The highest BCUT2D eigenvalue weighted by molar-refractivity contribution is 7.99. The lowest BCUT2D eigenvalue weighted by molar-refractivity contribution is 0.0410. The Morgan fingerprint density at radius 3 is 2.76 bits per heavy atom.